The van der Waals surface area contributed by atoms with Gasteiger partial charge in [-0.1, -0.05) is 54.6 Å². The van der Waals surface area contributed by atoms with Crippen LogP contribution in [0.15, 0.2) is 60.7 Å². The molecule has 3 aromatic rings. The first-order valence-corrected chi connectivity index (χ1v) is 12.6. The van der Waals surface area contributed by atoms with Gasteiger partial charge in [0.25, 0.3) is 5.91 Å². The van der Waals surface area contributed by atoms with E-state index in [0.717, 1.165) is 31.5 Å². The molecule has 5 rings (SSSR count). The number of anilines is 1. The Balaban J connectivity index is 1.30. The van der Waals surface area contributed by atoms with Crippen molar-refractivity contribution in [3.63, 3.8) is 0 Å². The minimum absolute atomic E-state index is 0.0407. The van der Waals surface area contributed by atoms with Crippen molar-refractivity contribution < 1.29 is 14.6 Å². The second-order valence-electron chi connectivity index (χ2n) is 9.41. The number of nitrogens with zero attached hydrogens (tertiary/aromatic N) is 4. The van der Waals surface area contributed by atoms with Gasteiger partial charge in [-0.2, -0.15) is 0 Å². The zero-order valence-corrected chi connectivity index (χ0v) is 20.6. The molecule has 2 N–H and O–H groups in total. The highest BCUT2D eigenvalue weighted by Gasteiger charge is 2.35. The quantitative estimate of drug-likeness (QED) is 0.495. The molecule has 1 saturated heterocycles. The van der Waals surface area contributed by atoms with Crippen molar-refractivity contribution in [2.45, 2.75) is 31.5 Å². The highest BCUT2D eigenvalue weighted by molar-refractivity contribution is 5.93. The highest BCUT2D eigenvalue weighted by Crippen LogP contribution is 2.26. The standard InChI is InChI=1S/C28H33N5O3/c1-36-16-13-29-26-17-23(30-27(31-26)21-8-3-2-4-9-21)28(35)33-15-12-24(25(34)19-33)32-14-11-20-7-5-6-10-22(20)18-32/h2-10,17,24-25,34H,11-16,18-19H2,1H3,(H,29,30,31)/t24-,25-/m1/s1. The van der Waals surface area contributed by atoms with Gasteiger partial charge in [-0.05, 0) is 24.0 Å². The number of carbonyl (C=O) groups is 1. The van der Waals surface area contributed by atoms with Crippen LogP contribution in [0.5, 0.6) is 0 Å². The van der Waals surface area contributed by atoms with E-state index in [2.05, 4.69) is 44.5 Å². The summed E-state index contributed by atoms with van der Waals surface area (Å²) in [5, 5.41) is 14.3. The number of hydrogen-bond acceptors (Lipinski definition) is 7. The predicted molar refractivity (Wildman–Crippen MR) is 139 cm³/mol. The lowest BCUT2D eigenvalue weighted by atomic mass is 9.94. The third-order valence-electron chi connectivity index (χ3n) is 7.05. The topological polar surface area (TPSA) is 90.8 Å². The van der Waals surface area contributed by atoms with Crippen LogP contribution in [0.25, 0.3) is 11.4 Å². The average Bonchev–Trinajstić information content (AvgIpc) is 2.93. The Bertz CT molecular complexity index is 1190. The van der Waals surface area contributed by atoms with Crippen molar-refractivity contribution >= 4 is 11.7 Å². The summed E-state index contributed by atoms with van der Waals surface area (Å²) < 4.78 is 5.13. The van der Waals surface area contributed by atoms with Crippen LogP contribution in [0, 0.1) is 0 Å². The van der Waals surface area contributed by atoms with Gasteiger partial charge in [-0.15, -0.1) is 0 Å². The number of likely N-dealkylation sites (tertiary alicyclic amines) is 1. The number of β-amino-alcohol motifs (C(OH)–C–C–N with tert-alkyl or cyclic N) is 1. The number of rotatable bonds is 7. The Morgan fingerprint density at radius 3 is 2.64 bits per heavy atom. The molecule has 1 amide bonds. The van der Waals surface area contributed by atoms with Crippen LogP contribution < -0.4 is 5.32 Å². The molecule has 0 aliphatic carbocycles. The molecule has 2 aliphatic rings. The number of aliphatic hydroxyl groups excluding tert-OH is 1. The van der Waals surface area contributed by atoms with Gasteiger partial charge in [0.15, 0.2) is 5.82 Å². The van der Waals surface area contributed by atoms with Crippen molar-refractivity contribution in [2.75, 3.05) is 45.2 Å². The Kier molecular flexibility index (Phi) is 7.55. The second kappa shape index (κ2) is 11.2. The maximum absolute atomic E-state index is 13.5. The van der Waals surface area contributed by atoms with E-state index in [9.17, 15) is 9.90 Å². The second-order valence-corrected chi connectivity index (χ2v) is 9.41. The Hall–Kier alpha value is -3.33. The lowest BCUT2D eigenvalue weighted by Gasteiger charge is -2.43. The molecule has 36 heavy (non-hydrogen) atoms. The van der Waals surface area contributed by atoms with Crippen molar-refractivity contribution in [1.29, 1.82) is 0 Å². The number of piperidine rings is 1. The summed E-state index contributed by atoms with van der Waals surface area (Å²) in [6.07, 6.45) is 1.11. The van der Waals surface area contributed by atoms with Gasteiger partial charge in [0.2, 0.25) is 0 Å². The first kappa shape index (κ1) is 24.4. The van der Waals surface area contributed by atoms with E-state index >= 15 is 0 Å². The first-order valence-electron chi connectivity index (χ1n) is 12.6. The molecular formula is C28H33N5O3. The summed E-state index contributed by atoms with van der Waals surface area (Å²) in [4.78, 5) is 26.8. The maximum Gasteiger partial charge on any atom is 0.272 e. The summed E-state index contributed by atoms with van der Waals surface area (Å²) in [5.74, 6) is 0.876. The molecule has 0 saturated carbocycles. The van der Waals surface area contributed by atoms with Crippen molar-refractivity contribution in [3.8, 4) is 11.4 Å². The fourth-order valence-corrected chi connectivity index (χ4v) is 5.14. The van der Waals surface area contributed by atoms with Gasteiger partial charge in [0.1, 0.15) is 11.5 Å². The number of carbonyl (C=O) groups excluding carboxylic acids is 1. The molecule has 0 unspecified atom stereocenters. The minimum Gasteiger partial charge on any atom is -0.390 e. The summed E-state index contributed by atoms with van der Waals surface area (Å²) in [6, 6.07) is 19.9. The molecule has 3 heterocycles. The Morgan fingerprint density at radius 1 is 1.08 bits per heavy atom. The number of methoxy groups -OCH3 is 1. The number of fused-ring (bicyclic) bond motifs is 1. The van der Waals surface area contributed by atoms with E-state index < -0.39 is 6.10 Å². The fraction of sp³-hybridized carbons (Fsp3) is 0.393. The van der Waals surface area contributed by atoms with E-state index in [-0.39, 0.29) is 11.9 Å². The Labute approximate surface area is 211 Å². The van der Waals surface area contributed by atoms with E-state index in [1.807, 2.05) is 30.3 Å². The summed E-state index contributed by atoms with van der Waals surface area (Å²) in [7, 11) is 1.64. The van der Waals surface area contributed by atoms with Crippen LogP contribution in [-0.4, -0.2) is 82.8 Å². The average molecular weight is 488 g/mol. The van der Waals surface area contributed by atoms with Crippen molar-refractivity contribution in [1.82, 2.24) is 19.8 Å². The van der Waals surface area contributed by atoms with Crippen LogP contribution in [0.3, 0.4) is 0 Å². The third kappa shape index (κ3) is 5.41. The number of aromatic nitrogens is 2. The molecule has 1 fully saturated rings. The molecule has 2 aromatic carbocycles. The summed E-state index contributed by atoms with van der Waals surface area (Å²) in [5.41, 5.74) is 3.88. The van der Waals surface area contributed by atoms with Gasteiger partial charge in [-0.3, -0.25) is 9.69 Å². The van der Waals surface area contributed by atoms with Crippen molar-refractivity contribution in [2.24, 2.45) is 0 Å². The molecule has 2 aliphatic heterocycles. The Morgan fingerprint density at radius 2 is 1.86 bits per heavy atom. The highest BCUT2D eigenvalue weighted by atomic mass is 16.5. The minimum atomic E-state index is -0.609. The zero-order valence-electron chi connectivity index (χ0n) is 20.6. The molecule has 8 nitrogen and oxygen atoms in total. The first-order chi connectivity index (χ1) is 17.6. The van der Waals surface area contributed by atoms with Crippen LogP contribution in [0.1, 0.15) is 28.0 Å². The lowest BCUT2D eigenvalue weighted by Crippen LogP contribution is -2.56. The zero-order chi connectivity index (χ0) is 24.9. The lowest BCUT2D eigenvalue weighted by molar-refractivity contribution is -0.0139. The summed E-state index contributed by atoms with van der Waals surface area (Å²) >= 11 is 0. The number of ether oxygens (including phenoxy) is 1. The number of aliphatic hydroxyl groups is 1. The normalized spacial score (nSPS) is 20.1. The molecular weight excluding hydrogens is 454 g/mol. The molecule has 188 valence electrons. The van der Waals surface area contributed by atoms with Crippen molar-refractivity contribution in [3.05, 3.63) is 77.5 Å². The van der Waals surface area contributed by atoms with Crippen LogP contribution in [0.2, 0.25) is 0 Å². The van der Waals surface area contributed by atoms with Gasteiger partial charge >= 0.3 is 0 Å². The monoisotopic (exact) mass is 487 g/mol. The fourth-order valence-electron chi connectivity index (χ4n) is 5.14. The maximum atomic E-state index is 13.5. The number of hydrogen-bond donors (Lipinski definition) is 2. The SMILES string of the molecule is COCCNc1cc(C(=O)N2CC[C@@H](N3CCc4ccccc4C3)[C@H](O)C2)nc(-c2ccccc2)n1. The number of nitrogens with one attached hydrogen (secondary N) is 1. The smallest absolute Gasteiger partial charge is 0.272 e. The van der Waals surface area contributed by atoms with E-state index in [1.165, 1.54) is 11.1 Å². The molecule has 0 radical (unpaired) electrons. The number of benzene rings is 2. The predicted octanol–water partition coefficient (Wildman–Crippen LogP) is 2.84. The van der Waals surface area contributed by atoms with Gasteiger partial charge in [-0.25, -0.2) is 9.97 Å². The molecule has 8 heteroatoms. The van der Waals surface area contributed by atoms with Crippen LogP contribution in [-0.2, 0) is 17.7 Å². The van der Waals surface area contributed by atoms with Gasteiger partial charge < -0.3 is 20.1 Å². The van der Waals surface area contributed by atoms with Crippen LogP contribution >= 0.6 is 0 Å². The molecule has 2 atom stereocenters. The molecule has 0 spiro atoms. The van der Waals surface area contributed by atoms with Gasteiger partial charge in [0.05, 0.1) is 12.7 Å². The van der Waals surface area contributed by atoms with E-state index in [4.69, 9.17) is 4.74 Å². The largest absolute Gasteiger partial charge is 0.390 e. The number of amides is 1. The third-order valence-corrected chi connectivity index (χ3v) is 7.05. The summed E-state index contributed by atoms with van der Waals surface area (Å²) in [6.45, 7) is 3.73. The molecule has 0 bridgehead atoms. The van der Waals surface area contributed by atoms with Gasteiger partial charge in [0, 0.05) is 57.5 Å². The van der Waals surface area contributed by atoms with E-state index in [0.29, 0.717) is 43.6 Å². The van der Waals surface area contributed by atoms with Crippen LogP contribution in [0.4, 0.5) is 5.82 Å². The van der Waals surface area contributed by atoms with E-state index in [1.54, 1.807) is 18.1 Å². The molecule has 1 aromatic heterocycles.